The summed E-state index contributed by atoms with van der Waals surface area (Å²) in [6.07, 6.45) is 7.05. The Morgan fingerprint density at radius 3 is 2.92 bits per heavy atom. The number of ether oxygens (including phenoxy) is 1. The van der Waals surface area contributed by atoms with Crippen molar-refractivity contribution >= 4 is 16.8 Å². The second-order valence-electron chi connectivity index (χ2n) is 6.52. The van der Waals surface area contributed by atoms with Gasteiger partial charge < -0.3 is 15.8 Å². The minimum Gasteiger partial charge on any atom is -0.489 e. The molecule has 3 N–H and O–H groups in total. The predicted molar refractivity (Wildman–Crippen MR) is 92.5 cm³/mol. The van der Waals surface area contributed by atoms with E-state index in [-0.39, 0.29) is 17.9 Å². The highest BCUT2D eigenvalue weighted by Crippen LogP contribution is 2.42. The zero-order valence-corrected chi connectivity index (χ0v) is 13.4. The van der Waals surface area contributed by atoms with Gasteiger partial charge in [0.05, 0.1) is 12.5 Å². The Balaban J connectivity index is 1.32. The molecule has 5 nitrogen and oxygen atoms in total. The SMILES string of the molecule is NC1C2C=CC(C2)C1C(=O)NCCOc1cccc2cccnc12. The van der Waals surface area contributed by atoms with Gasteiger partial charge in [0.2, 0.25) is 5.91 Å². The maximum Gasteiger partial charge on any atom is 0.225 e. The number of para-hydroxylation sites is 1. The minimum atomic E-state index is -0.0979. The average Bonchev–Trinajstić information content (AvgIpc) is 3.20. The fourth-order valence-corrected chi connectivity index (χ4v) is 3.88. The number of nitrogens with one attached hydrogen (secondary N) is 1. The molecule has 1 aromatic carbocycles. The van der Waals surface area contributed by atoms with Gasteiger partial charge in [-0.15, -0.1) is 0 Å². The summed E-state index contributed by atoms with van der Waals surface area (Å²) in [7, 11) is 0. The predicted octanol–water partition coefficient (Wildman–Crippen LogP) is 1.88. The molecule has 0 radical (unpaired) electrons. The van der Waals surface area contributed by atoms with Crippen LogP contribution in [0.15, 0.2) is 48.7 Å². The number of aromatic nitrogens is 1. The van der Waals surface area contributed by atoms with E-state index in [0.29, 0.717) is 25.0 Å². The number of nitrogens with two attached hydrogens (primary N) is 1. The summed E-state index contributed by atoms with van der Waals surface area (Å²) >= 11 is 0. The lowest BCUT2D eigenvalue weighted by molar-refractivity contribution is -0.126. The molecule has 0 saturated heterocycles. The van der Waals surface area contributed by atoms with Gasteiger partial charge in [-0.3, -0.25) is 9.78 Å². The molecule has 2 bridgehead atoms. The first-order chi connectivity index (χ1) is 11.7. The van der Waals surface area contributed by atoms with Gasteiger partial charge in [0.1, 0.15) is 17.9 Å². The maximum atomic E-state index is 12.4. The Bertz CT molecular complexity index is 784. The quantitative estimate of drug-likeness (QED) is 0.650. The van der Waals surface area contributed by atoms with E-state index in [4.69, 9.17) is 10.5 Å². The second kappa shape index (κ2) is 6.24. The van der Waals surface area contributed by atoms with Crippen LogP contribution in [0.5, 0.6) is 5.75 Å². The van der Waals surface area contributed by atoms with Crippen LogP contribution in [0.2, 0.25) is 0 Å². The van der Waals surface area contributed by atoms with Crippen molar-refractivity contribution in [3.63, 3.8) is 0 Å². The Hall–Kier alpha value is -2.40. The maximum absolute atomic E-state index is 12.4. The van der Waals surface area contributed by atoms with Gasteiger partial charge in [-0.2, -0.15) is 0 Å². The normalized spacial score (nSPS) is 27.5. The van der Waals surface area contributed by atoms with E-state index in [2.05, 4.69) is 22.5 Å². The fraction of sp³-hybridized carbons (Fsp3) is 0.368. The number of pyridine rings is 1. The number of fused-ring (bicyclic) bond motifs is 3. The third kappa shape index (κ3) is 2.65. The molecule has 1 fully saturated rings. The van der Waals surface area contributed by atoms with E-state index in [1.807, 2.05) is 30.3 Å². The third-order valence-electron chi connectivity index (χ3n) is 5.08. The van der Waals surface area contributed by atoms with Crippen LogP contribution in [-0.2, 0) is 4.79 Å². The first-order valence-electron chi connectivity index (χ1n) is 8.42. The second-order valence-corrected chi connectivity index (χ2v) is 6.52. The summed E-state index contributed by atoms with van der Waals surface area (Å²) in [6.45, 7) is 0.875. The van der Waals surface area contributed by atoms with Crippen LogP contribution in [0.1, 0.15) is 6.42 Å². The molecule has 2 aliphatic rings. The van der Waals surface area contributed by atoms with Crippen molar-refractivity contribution in [1.29, 1.82) is 0 Å². The van der Waals surface area contributed by atoms with E-state index in [1.54, 1.807) is 6.20 Å². The summed E-state index contributed by atoms with van der Waals surface area (Å²) < 4.78 is 5.80. The average molecular weight is 323 g/mol. The number of hydrogen-bond donors (Lipinski definition) is 2. The number of rotatable bonds is 5. The van der Waals surface area contributed by atoms with Crippen LogP contribution >= 0.6 is 0 Å². The molecule has 1 saturated carbocycles. The zero-order valence-electron chi connectivity index (χ0n) is 13.4. The zero-order chi connectivity index (χ0) is 16.5. The van der Waals surface area contributed by atoms with Gasteiger partial charge in [-0.25, -0.2) is 0 Å². The Morgan fingerprint density at radius 2 is 2.08 bits per heavy atom. The molecule has 1 heterocycles. The Labute approximate surface area is 140 Å². The van der Waals surface area contributed by atoms with Crippen molar-refractivity contribution in [2.75, 3.05) is 13.2 Å². The standard InChI is InChI=1S/C19H21N3O2/c20-17-14-7-6-13(11-14)16(17)19(23)22-9-10-24-15-5-1-3-12-4-2-8-21-18(12)15/h1-8,13-14,16-17H,9-11,20H2,(H,22,23). The molecule has 1 aromatic heterocycles. The van der Waals surface area contributed by atoms with Gasteiger partial charge in [0.15, 0.2) is 0 Å². The van der Waals surface area contributed by atoms with Gasteiger partial charge in [-0.1, -0.05) is 30.4 Å². The highest BCUT2D eigenvalue weighted by atomic mass is 16.5. The largest absolute Gasteiger partial charge is 0.489 e. The number of carbonyl (C=O) groups excluding carboxylic acids is 1. The van der Waals surface area contributed by atoms with Crippen molar-refractivity contribution in [2.24, 2.45) is 23.5 Å². The molecule has 24 heavy (non-hydrogen) atoms. The topological polar surface area (TPSA) is 77.2 Å². The van der Waals surface area contributed by atoms with Crippen molar-refractivity contribution in [3.8, 4) is 5.75 Å². The van der Waals surface area contributed by atoms with Gasteiger partial charge in [0, 0.05) is 17.6 Å². The molecule has 0 spiro atoms. The van der Waals surface area contributed by atoms with E-state index in [9.17, 15) is 4.79 Å². The Morgan fingerprint density at radius 1 is 1.25 bits per heavy atom. The molecule has 4 rings (SSSR count). The lowest BCUT2D eigenvalue weighted by Crippen LogP contribution is -2.45. The molecule has 0 aliphatic heterocycles. The smallest absolute Gasteiger partial charge is 0.225 e. The van der Waals surface area contributed by atoms with E-state index < -0.39 is 0 Å². The summed E-state index contributed by atoms with van der Waals surface area (Å²) in [5, 5.41) is 4.00. The van der Waals surface area contributed by atoms with Gasteiger partial charge >= 0.3 is 0 Å². The molecule has 4 unspecified atom stereocenters. The summed E-state index contributed by atoms with van der Waals surface area (Å²) in [4.78, 5) is 16.7. The highest BCUT2D eigenvalue weighted by molar-refractivity contribution is 5.84. The highest BCUT2D eigenvalue weighted by Gasteiger charge is 2.46. The van der Waals surface area contributed by atoms with E-state index >= 15 is 0 Å². The lowest BCUT2D eigenvalue weighted by Gasteiger charge is -2.23. The van der Waals surface area contributed by atoms with Crippen LogP contribution in [0.25, 0.3) is 10.9 Å². The first-order valence-corrected chi connectivity index (χ1v) is 8.42. The molecular weight excluding hydrogens is 302 g/mol. The number of benzene rings is 1. The molecule has 4 atom stereocenters. The first kappa shape index (κ1) is 15.1. The summed E-state index contributed by atoms with van der Waals surface area (Å²) in [5.41, 5.74) is 7.01. The van der Waals surface area contributed by atoms with Crippen molar-refractivity contribution in [1.82, 2.24) is 10.3 Å². The summed E-state index contributed by atoms with van der Waals surface area (Å²) in [6, 6.07) is 9.69. The molecule has 2 aromatic rings. The monoisotopic (exact) mass is 323 g/mol. The van der Waals surface area contributed by atoms with Crippen LogP contribution < -0.4 is 15.8 Å². The fourth-order valence-electron chi connectivity index (χ4n) is 3.88. The van der Waals surface area contributed by atoms with Crippen LogP contribution in [0.4, 0.5) is 0 Å². The molecule has 2 aliphatic carbocycles. The number of carbonyl (C=O) groups is 1. The third-order valence-corrected chi connectivity index (χ3v) is 5.08. The summed E-state index contributed by atoms with van der Waals surface area (Å²) in [5.74, 6) is 1.34. The van der Waals surface area contributed by atoms with Crippen LogP contribution in [-0.4, -0.2) is 30.1 Å². The molecule has 5 heteroatoms. The number of nitrogens with zero attached hydrogens (tertiary/aromatic N) is 1. The van der Waals surface area contributed by atoms with Crippen LogP contribution in [0, 0.1) is 17.8 Å². The number of amides is 1. The van der Waals surface area contributed by atoms with E-state index in [0.717, 1.165) is 23.1 Å². The van der Waals surface area contributed by atoms with Crippen molar-refractivity contribution in [2.45, 2.75) is 12.5 Å². The van der Waals surface area contributed by atoms with Crippen LogP contribution in [0.3, 0.4) is 0 Å². The van der Waals surface area contributed by atoms with Crippen molar-refractivity contribution in [3.05, 3.63) is 48.7 Å². The number of allylic oxidation sites excluding steroid dienone is 1. The molecular formula is C19H21N3O2. The number of hydrogen-bond acceptors (Lipinski definition) is 4. The van der Waals surface area contributed by atoms with Crippen molar-refractivity contribution < 1.29 is 9.53 Å². The Kier molecular flexibility index (Phi) is 3.94. The minimum absolute atomic E-state index is 0.0407. The van der Waals surface area contributed by atoms with Gasteiger partial charge in [-0.05, 0) is 30.4 Å². The van der Waals surface area contributed by atoms with Gasteiger partial charge in [0.25, 0.3) is 0 Å². The van der Waals surface area contributed by atoms with E-state index in [1.165, 1.54) is 0 Å². The lowest BCUT2D eigenvalue weighted by atomic mass is 9.89. The molecule has 1 amide bonds. The molecule has 124 valence electrons.